The lowest BCUT2D eigenvalue weighted by molar-refractivity contribution is -0.162. The van der Waals surface area contributed by atoms with Crippen molar-refractivity contribution >= 4 is 11.6 Å². The molecule has 0 saturated heterocycles. The fraction of sp³-hybridized carbons (Fsp3) is 0.600. The first-order valence-corrected chi connectivity index (χ1v) is 4.75. The van der Waals surface area contributed by atoms with Crippen molar-refractivity contribution in [3.63, 3.8) is 0 Å². The van der Waals surface area contributed by atoms with Gasteiger partial charge in [0.2, 0.25) is 11.6 Å². The van der Waals surface area contributed by atoms with Gasteiger partial charge in [-0.25, -0.2) is 0 Å². The largest absolute Gasteiger partial charge is 0.346 e. The van der Waals surface area contributed by atoms with Crippen LogP contribution in [0.2, 0.25) is 0 Å². The molecule has 15 heavy (non-hydrogen) atoms. The summed E-state index contributed by atoms with van der Waals surface area (Å²) in [6.45, 7) is 0. The molecule has 0 amide bonds. The molecule has 0 atom stereocenters. The summed E-state index contributed by atoms with van der Waals surface area (Å²) in [6.07, 6.45) is 4.94. The minimum atomic E-state index is -1.04. The van der Waals surface area contributed by atoms with Crippen molar-refractivity contribution < 1.29 is 18.9 Å². The molecule has 0 fully saturated rings. The fourth-order valence-corrected chi connectivity index (χ4v) is 1.75. The highest BCUT2D eigenvalue weighted by molar-refractivity contribution is 6.31. The van der Waals surface area contributed by atoms with E-state index in [4.69, 9.17) is 30.5 Å². The molecule has 5 heteroatoms. The molecule has 0 heterocycles. The van der Waals surface area contributed by atoms with E-state index in [0.29, 0.717) is 5.03 Å². The lowest BCUT2D eigenvalue weighted by Crippen LogP contribution is -2.40. The van der Waals surface area contributed by atoms with Gasteiger partial charge in [0.25, 0.3) is 0 Å². The molecule has 0 aromatic heterocycles. The Labute approximate surface area is 94.4 Å². The van der Waals surface area contributed by atoms with Gasteiger partial charge in [-0.15, -0.1) is 0 Å². The van der Waals surface area contributed by atoms with Gasteiger partial charge in [-0.3, -0.25) is 0 Å². The van der Waals surface area contributed by atoms with Gasteiger partial charge in [0.1, 0.15) is 0 Å². The summed E-state index contributed by atoms with van der Waals surface area (Å²) in [5.74, 6) is -1.99. The Bertz CT molecular complexity index is 277. The van der Waals surface area contributed by atoms with Crippen molar-refractivity contribution in [2.75, 3.05) is 28.4 Å². The van der Waals surface area contributed by atoms with Gasteiger partial charge < -0.3 is 18.9 Å². The zero-order valence-corrected chi connectivity index (χ0v) is 10.00. The van der Waals surface area contributed by atoms with Crippen molar-refractivity contribution in [2.45, 2.75) is 11.6 Å². The minimum absolute atomic E-state index is 0.360. The normalized spacial score (nSPS) is 22.6. The first kappa shape index (κ1) is 12.7. The summed E-state index contributed by atoms with van der Waals surface area (Å²) < 4.78 is 20.8. The summed E-state index contributed by atoms with van der Waals surface area (Å²) in [7, 11) is 6.08. The quantitative estimate of drug-likeness (QED) is 0.548. The van der Waals surface area contributed by atoms with Crippen LogP contribution in [0.25, 0.3) is 0 Å². The molecule has 86 valence electrons. The monoisotopic (exact) mass is 234 g/mol. The highest BCUT2D eigenvalue weighted by atomic mass is 35.5. The molecule has 1 rings (SSSR count). The van der Waals surface area contributed by atoms with Gasteiger partial charge in [-0.2, -0.15) is 0 Å². The highest BCUT2D eigenvalue weighted by Gasteiger charge is 2.39. The van der Waals surface area contributed by atoms with E-state index in [2.05, 4.69) is 0 Å². The van der Waals surface area contributed by atoms with Crippen LogP contribution < -0.4 is 0 Å². The molecular weight excluding hydrogens is 220 g/mol. The molecule has 0 saturated carbocycles. The van der Waals surface area contributed by atoms with Gasteiger partial charge in [0.05, 0.1) is 5.03 Å². The maximum Gasteiger partial charge on any atom is 0.225 e. The molecule has 0 unspecified atom stereocenters. The highest BCUT2D eigenvalue weighted by Crippen LogP contribution is 2.35. The van der Waals surface area contributed by atoms with E-state index in [-0.39, 0.29) is 0 Å². The van der Waals surface area contributed by atoms with Crippen LogP contribution in [0, 0.1) is 0 Å². The second-order valence-electron chi connectivity index (χ2n) is 3.03. The maximum absolute atomic E-state index is 6.08. The topological polar surface area (TPSA) is 36.9 Å². The van der Waals surface area contributed by atoms with E-state index in [9.17, 15) is 0 Å². The second kappa shape index (κ2) is 4.63. The Morgan fingerprint density at radius 1 is 0.933 bits per heavy atom. The molecule has 0 aromatic rings. The van der Waals surface area contributed by atoms with E-state index >= 15 is 0 Å². The minimum Gasteiger partial charge on any atom is -0.346 e. The van der Waals surface area contributed by atoms with E-state index in [1.165, 1.54) is 28.4 Å². The van der Waals surface area contributed by atoms with Crippen LogP contribution in [0.5, 0.6) is 0 Å². The third kappa shape index (κ3) is 2.09. The van der Waals surface area contributed by atoms with E-state index in [1.54, 1.807) is 18.2 Å². The van der Waals surface area contributed by atoms with Gasteiger partial charge in [-0.05, 0) is 18.2 Å². The van der Waals surface area contributed by atoms with Crippen LogP contribution in [0.4, 0.5) is 0 Å². The summed E-state index contributed by atoms with van der Waals surface area (Å²) in [4.78, 5) is 0. The number of methoxy groups -OCH3 is 4. The Morgan fingerprint density at radius 2 is 1.47 bits per heavy atom. The average Bonchev–Trinajstić information content (AvgIpc) is 2.29. The molecule has 1 aliphatic rings. The zero-order valence-electron chi connectivity index (χ0n) is 9.24. The van der Waals surface area contributed by atoms with Crippen LogP contribution in [0.15, 0.2) is 23.3 Å². The lowest BCUT2D eigenvalue weighted by atomic mass is 10.0. The van der Waals surface area contributed by atoms with E-state index in [1.807, 2.05) is 0 Å². The second-order valence-corrected chi connectivity index (χ2v) is 3.44. The molecule has 4 nitrogen and oxygen atoms in total. The molecule has 1 aliphatic carbocycles. The Balaban J connectivity index is 3.05. The number of rotatable bonds is 4. The van der Waals surface area contributed by atoms with Crippen LogP contribution >= 0.6 is 11.6 Å². The average molecular weight is 235 g/mol. The van der Waals surface area contributed by atoms with Gasteiger partial charge in [-0.1, -0.05) is 11.6 Å². The van der Waals surface area contributed by atoms with Crippen LogP contribution in [0.1, 0.15) is 0 Å². The summed E-state index contributed by atoms with van der Waals surface area (Å²) >= 11 is 6.08. The predicted octanol–water partition coefficient (Wildman–Crippen LogP) is 1.66. The van der Waals surface area contributed by atoms with Crippen LogP contribution in [-0.2, 0) is 18.9 Å². The van der Waals surface area contributed by atoms with Crippen molar-refractivity contribution in [3.8, 4) is 0 Å². The lowest BCUT2D eigenvalue weighted by Gasteiger charge is -2.35. The Hall–Kier alpha value is -0.390. The third-order valence-corrected chi connectivity index (χ3v) is 2.81. The summed E-state index contributed by atoms with van der Waals surface area (Å²) in [5, 5.41) is 0.360. The standard InChI is InChI=1S/C10H15ClO4/c1-12-9(13-2)5-6-10(14-3,15-4)8(11)7-9/h5-7H,1-4H3. The number of hydrogen-bond donors (Lipinski definition) is 0. The van der Waals surface area contributed by atoms with Crippen LogP contribution in [-0.4, -0.2) is 40.0 Å². The Kier molecular flexibility index (Phi) is 3.92. The van der Waals surface area contributed by atoms with Gasteiger partial charge in [0, 0.05) is 28.4 Å². The maximum atomic E-state index is 6.08. The molecule has 0 radical (unpaired) electrons. The van der Waals surface area contributed by atoms with Crippen molar-refractivity contribution in [2.24, 2.45) is 0 Å². The molecule has 0 aromatic carbocycles. The third-order valence-electron chi connectivity index (χ3n) is 2.44. The first-order chi connectivity index (χ1) is 7.08. The molecule has 0 spiro atoms. The van der Waals surface area contributed by atoms with Crippen LogP contribution in [0.3, 0.4) is 0 Å². The SMILES string of the molecule is COC1(OC)C=CC(OC)(OC)C(Cl)=C1. The van der Waals surface area contributed by atoms with Gasteiger partial charge in [0.15, 0.2) is 0 Å². The number of halogens is 1. The van der Waals surface area contributed by atoms with Crippen molar-refractivity contribution in [1.82, 2.24) is 0 Å². The number of ether oxygens (including phenoxy) is 4. The zero-order chi connectivity index (χ0) is 11.5. The van der Waals surface area contributed by atoms with Crippen molar-refractivity contribution in [3.05, 3.63) is 23.3 Å². The van der Waals surface area contributed by atoms with E-state index < -0.39 is 11.6 Å². The Morgan fingerprint density at radius 3 is 1.80 bits per heavy atom. The first-order valence-electron chi connectivity index (χ1n) is 4.38. The molecule has 0 aliphatic heterocycles. The number of hydrogen-bond acceptors (Lipinski definition) is 4. The molecular formula is C10H15ClO4. The molecule has 0 bridgehead atoms. The fourth-order valence-electron chi connectivity index (χ4n) is 1.38. The van der Waals surface area contributed by atoms with E-state index in [0.717, 1.165) is 0 Å². The molecule has 0 N–H and O–H groups in total. The van der Waals surface area contributed by atoms with Crippen molar-refractivity contribution in [1.29, 1.82) is 0 Å². The summed E-state index contributed by atoms with van der Waals surface area (Å²) in [6, 6.07) is 0. The predicted molar refractivity (Wildman–Crippen MR) is 56.6 cm³/mol. The van der Waals surface area contributed by atoms with Gasteiger partial charge >= 0.3 is 0 Å². The smallest absolute Gasteiger partial charge is 0.225 e. The summed E-state index contributed by atoms with van der Waals surface area (Å²) in [5.41, 5.74) is 0.